The first-order valence-corrected chi connectivity index (χ1v) is 7.32. The van der Waals surface area contributed by atoms with Crippen LogP contribution in [0.3, 0.4) is 0 Å². The summed E-state index contributed by atoms with van der Waals surface area (Å²) in [6.07, 6.45) is 3.30. The lowest BCUT2D eigenvalue weighted by molar-refractivity contribution is -0.00806. The molecular weight excluding hydrogens is 254 g/mol. The Morgan fingerprint density at radius 1 is 1.40 bits per heavy atom. The topological polar surface area (TPSA) is 41.9 Å². The van der Waals surface area contributed by atoms with Crippen molar-refractivity contribution in [3.05, 3.63) is 29.8 Å². The molecule has 0 aliphatic carbocycles. The summed E-state index contributed by atoms with van der Waals surface area (Å²) < 4.78 is 11.0. The highest BCUT2D eigenvalue weighted by atomic mass is 16.5. The first kappa shape index (κ1) is 15.3. The van der Waals surface area contributed by atoms with Crippen molar-refractivity contribution < 1.29 is 14.6 Å². The van der Waals surface area contributed by atoms with Crippen LogP contribution in [0.5, 0.6) is 5.75 Å². The van der Waals surface area contributed by atoms with Gasteiger partial charge in [0.15, 0.2) is 0 Å². The van der Waals surface area contributed by atoms with Crippen molar-refractivity contribution in [1.82, 2.24) is 4.90 Å². The van der Waals surface area contributed by atoms with Gasteiger partial charge in [-0.3, -0.25) is 0 Å². The van der Waals surface area contributed by atoms with E-state index in [9.17, 15) is 5.11 Å². The van der Waals surface area contributed by atoms with E-state index in [1.165, 1.54) is 12.8 Å². The van der Waals surface area contributed by atoms with E-state index in [1.807, 2.05) is 31.3 Å². The van der Waals surface area contributed by atoms with Crippen LogP contribution < -0.4 is 4.74 Å². The number of hydrogen-bond donors (Lipinski definition) is 1. The summed E-state index contributed by atoms with van der Waals surface area (Å²) in [5.74, 6) is 0.738. The summed E-state index contributed by atoms with van der Waals surface area (Å²) in [5, 5.41) is 10.4. The highest BCUT2D eigenvalue weighted by molar-refractivity contribution is 5.35. The number of methoxy groups -OCH3 is 1. The number of para-hydroxylation sites is 1. The van der Waals surface area contributed by atoms with Gasteiger partial charge < -0.3 is 19.5 Å². The zero-order chi connectivity index (χ0) is 14.4. The standard InChI is InChI=1S/C16H25NO3/c1-17(11-13-7-5-6-10-20-13)12-15(18)14-8-3-4-9-16(14)19-2/h3-4,8-9,13,15,18H,5-7,10-12H2,1-2H3. The van der Waals surface area contributed by atoms with Gasteiger partial charge in [0, 0.05) is 25.3 Å². The third kappa shape index (κ3) is 4.20. The lowest BCUT2D eigenvalue weighted by Crippen LogP contribution is -2.35. The second kappa shape index (κ2) is 7.62. The van der Waals surface area contributed by atoms with Crippen LogP contribution in [-0.4, -0.2) is 50.0 Å². The maximum atomic E-state index is 10.4. The van der Waals surface area contributed by atoms with Gasteiger partial charge in [0.05, 0.1) is 19.3 Å². The van der Waals surface area contributed by atoms with E-state index in [-0.39, 0.29) is 0 Å². The van der Waals surface area contributed by atoms with E-state index in [1.54, 1.807) is 7.11 Å². The summed E-state index contributed by atoms with van der Waals surface area (Å²) in [6.45, 7) is 2.32. The second-order valence-corrected chi connectivity index (χ2v) is 5.47. The summed E-state index contributed by atoms with van der Waals surface area (Å²) >= 11 is 0. The van der Waals surface area contributed by atoms with Crippen molar-refractivity contribution in [1.29, 1.82) is 0 Å². The zero-order valence-corrected chi connectivity index (χ0v) is 12.4. The lowest BCUT2D eigenvalue weighted by Gasteiger charge is -2.28. The zero-order valence-electron chi connectivity index (χ0n) is 12.4. The number of rotatable bonds is 6. The largest absolute Gasteiger partial charge is 0.496 e. The van der Waals surface area contributed by atoms with Crippen molar-refractivity contribution >= 4 is 0 Å². The molecule has 4 heteroatoms. The van der Waals surface area contributed by atoms with Crippen molar-refractivity contribution in [2.45, 2.75) is 31.5 Å². The van der Waals surface area contributed by atoms with Crippen LogP contribution in [0.2, 0.25) is 0 Å². The molecule has 1 aromatic carbocycles. The minimum absolute atomic E-state index is 0.304. The summed E-state index contributed by atoms with van der Waals surface area (Å²) in [4.78, 5) is 2.13. The highest BCUT2D eigenvalue weighted by Crippen LogP contribution is 2.25. The highest BCUT2D eigenvalue weighted by Gasteiger charge is 2.19. The number of benzene rings is 1. The van der Waals surface area contributed by atoms with Gasteiger partial charge in [-0.15, -0.1) is 0 Å². The molecule has 0 amide bonds. The molecule has 0 bridgehead atoms. The molecule has 2 rings (SSSR count). The molecule has 112 valence electrons. The Morgan fingerprint density at radius 3 is 2.90 bits per heavy atom. The van der Waals surface area contributed by atoms with E-state index in [0.29, 0.717) is 12.6 Å². The molecule has 0 saturated carbocycles. The fourth-order valence-electron chi connectivity index (χ4n) is 2.71. The molecule has 1 aromatic rings. The molecule has 0 spiro atoms. The number of likely N-dealkylation sites (N-methyl/N-ethyl adjacent to an activating group) is 1. The van der Waals surface area contributed by atoms with Crippen LogP contribution in [0.15, 0.2) is 24.3 Å². The normalized spacial score (nSPS) is 20.9. The van der Waals surface area contributed by atoms with Gasteiger partial charge >= 0.3 is 0 Å². The predicted octanol–water partition coefficient (Wildman–Crippen LogP) is 2.23. The quantitative estimate of drug-likeness (QED) is 0.867. The van der Waals surface area contributed by atoms with Gasteiger partial charge in [0.2, 0.25) is 0 Å². The average molecular weight is 279 g/mol. The first-order valence-electron chi connectivity index (χ1n) is 7.32. The lowest BCUT2D eigenvalue weighted by atomic mass is 10.1. The minimum atomic E-state index is -0.542. The third-order valence-electron chi connectivity index (χ3n) is 3.77. The fraction of sp³-hybridized carbons (Fsp3) is 0.625. The molecule has 1 N–H and O–H groups in total. The first-order chi connectivity index (χ1) is 9.70. The van der Waals surface area contributed by atoms with Gasteiger partial charge in [-0.25, -0.2) is 0 Å². The molecule has 1 aliphatic heterocycles. The number of nitrogens with zero attached hydrogens (tertiary/aromatic N) is 1. The fourth-order valence-corrected chi connectivity index (χ4v) is 2.71. The molecular formula is C16H25NO3. The maximum absolute atomic E-state index is 10.4. The van der Waals surface area contributed by atoms with Crippen LogP contribution in [-0.2, 0) is 4.74 Å². The smallest absolute Gasteiger partial charge is 0.124 e. The van der Waals surface area contributed by atoms with E-state index < -0.39 is 6.10 Å². The molecule has 0 radical (unpaired) electrons. The Kier molecular flexibility index (Phi) is 5.83. The Balaban J connectivity index is 1.87. The van der Waals surface area contributed by atoms with Crippen molar-refractivity contribution in [2.75, 3.05) is 33.9 Å². The molecule has 1 fully saturated rings. The molecule has 0 aromatic heterocycles. The van der Waals surface area contributed by atoms with Crippen LogP contribution in [0, 0.1) is 0 Å². The molecule has 2 atom stereocenters. The third-order valence-corrected chi connectivity index (χ3v) is 3.77. The Labute approximate surface area is 121 Å². The molecule has 2 unspecified atom stereocenters. The molecule has 20 heavy (non-hydrogen) atoms. The Hall–Kier alpha value is -1.10. The van der Waals surface area contributed by atoms with Crippen LogP contribution in [0.4, 0.5) is 0 Å². The summed E-state index contributed by atoms with van der Waals surface area (Å²) in [7, 11) is 3.65. The van der Waals surface area contributed by atoms with Gasteiger partial charge in [0.1, 0.15) is 5.75 Å². The average Bonchev–Trinajstić information content (AvgIpc) is 2.48. The molecule has 4 nitrogen and oxygen atoms in total. The number of aliphatic hydroxyl groups is 1. The number of ether oxygens (including phenoxy) is 2. The molecule has 1 heterocycles. The van der Waals surface area contributed by atoms with E-state index >= 15 is 0 Å². The Bertz CT molecular complexity index is 404. The van der Waals surface area contributed by atoms with Crippen molar-refractivity contribution in [3.8, 4) is 5.75 Å². The number of aliphatic hydroxyl groups excluding tert-OH is 1. The summed E-state index contributed by atoms with van der Waals surface area (Å²) in [5.41, 5.74) is 0.839. The minimum Gasteiger partial charge on any atom is -0.496 e. The van der Waals surface area contributed by atoms with E-state index in [4.69, 9.17) is 9.47 Å². The summed E-state index contributed by atoms with van der Waals surface area (Å²) in [6, 6.07) is 7.62. The van der Waals surface area contributed by atoms with E-state index in [0.717, 1.165) is 30.9 Å². The number of hydrogen-bond acceptors (Lipinski definition) is 4. The second-order valence-electron chi connectivity index (χ2n) is 5.47. The SMILES string of the molecule is COc1ccccc1C(O)CN(C)CC1CCCCO1. The monoisotopic (exact) mass is 279 g/mol. The molecule has 1 saturated heterocycles. The van der Waals surface area contributed by atoms with Crippen LogP contribution in [0.25, 0.3) is 0 Å². The van der Waals surface area contributed by atoms with Crippen LogP contribution in [0.1, 0.15) is 30.9 Å². The van der Waals surface area contributed by atoms with Crippen molar-refractivity contribution in [2.24, 2.45) is 0 Å². The molecule has 1 aliphatic rings. The van der Waals surface area contributed by atoms with Gasteiger partial charge in [-0.05, 0) is 32.4 Å². The van der Waals surface area contributed by atoms with Gasteiger partial charge in [-0.1, -0.05) is 18.2 Å². The van der Waals surface area contributed by atoms with E-state index in [2.05, 4.69) is 4.90 Å². The predicted molar refractivity (Wildman–Crippen MR) is 79.0 cm³/mol. The van der Waals surface area contributed by atoms with Gasteiger partial charge in [0.25, 0.3) is 0 Å². The van der Waals surface area contributed by atoms with Crippen LogP contribution >= 0.6 is 0 Å². The van der Waals surface area contributed by atoms with Gasteiger partial charge in [-0.2, -0.15) is 0 Å². The maximum Gasteiger partial charge on any atom is 0.124 e. The van der Waals surface area contributed by atoms with Crippen molar-refractivity contribution in [3.63, 3.8) is 0 Å². The Morgan fingerprint density at radius 2 is 2.20 bits per heavy atom.